The van der Waals surface area contributed by atoms with Crippen LogP contribution in [0.15, 0.2) is 0 Å². The summed E-state index contributed by atoms with van der Waals surface area (Å²) in [6, 6.07) is 0. The van der Waals surface area contributed by atoms with Crippen molar-refractivity contribution >= 4 is 5.91 Å². The number of carbonyl (C=O) groups is 1. The van der Waals surface area contributed by atoms with Crippen LogP contribution in [0.5, 0.6) is 0 Å². The average molecular weight is 280 g/mol. The molecule has 116 valence electrons. The van der Waals surface area contributed by atoms with Crippen LogP contribution in [0.2, 0.25) is 0 Å². The van der Waals surface area contributed by atoms with Crippen LogP contribution < -0.4 is 5.32 Å². The third-order valence-corrected chi connectivity index (χ3v) is 5.41. The van der Waals surface area contributed by atoms with Crippen molar-refractivity contribution in [2.24, 2.45) is 17.8 Å². The number of likely N-dealkylation sites (tertiary alicyclic amines) is 1. The summed E-state index contributed by atoms with van der Waals surface area (Å²) in [5, 5.41) is 3.47. The molecule has 0 aromatic carbocycles. The summed E-state index contributed by atoms with van der Waals surface area (Å²) in [4.78, 5) is 14.6. The highest BCUT2D eigenvalue weighted by Gasteiger charge is 2.25. The van der Waals surface area contributed by atoms with Gasteiger partial charge in [0.1, 0.15) is 0 Å². The van der Waals surface area contributed by atoms with Gasteiger partial charge < -0.3 is 10.2 Å². The normalized spacial score (nSPS) is 29.8. The lowest BCUT2D eigenvalue weighted by Crippen LogP contribution is -2.37. The van der Waals surface area contributed by atoms with Crippen LogP contribution in [0, 0.1) is 17.8 Å². The van der Waals surface area contributed by atoms with E-state index in [0.29, 0.717) is 17.7 Å². The summed E-state index contributed by atoms with van der Waals surface area (Å²) in [6.45, 7) is 8.79. The van der Waals surface area contributed by atoms with Crippen molar-refractivity contribution in [1.82, 2.24) is 10.2 Å². The number of rotatable bonds is 4. The van der Waals surface area contributed by atoms with E-state index in [-0.39, 0.29) is 0 Å². The molecule has 0 aliphatic carbocycles. The number of carbonyl (C=O) groups excluding carboxylic acids is 1. The second kappa shape index (κ2) is 8.02. The number of nitrogens with zero attached hydrogens (tertiary/aromatic N) is 1. The van der Waals surface area contributed by atoms with E-state index in [9.17, 15) is 4.79 Å². The smallest absolute Gasteiger partial charge is 0.222 e. The zero-order chi connectivity index (χ0) is 14.4. The van der Waals surface area contributed by atoms with Crippen LogP contribution in [0.4, 0.5) is 0 Å². The van der Waals surface area contributed by atoms with Crippen LogP contribution in [-0.2, 0) is 4.79 Å². The first kappa shape index (κ1) is 15.8. The molecular weight excluding hydrogens is 248 g/mol. The van der Waals surface area contributed by atoms with Crippen molar-refractivity contribution in [3.05, 3.63) is 0 Å². The molecule has 1 N–H and O–H groups in total. The number of amides is 1. The molecule has 0 aromatic rings. The van der Waals surface area contributed by atoms with Crippen LogP contribution in [0.25, 0.3) is 0 Å². The van der Waals surface area contributed by atoms with Gasteiger partial charge in [0.05, 0.1) is 0 Å². The Labute approximate surface area is 124 Å². The van der Waals surface area contributed by atoms with Crippen molar-refractivity contribution in [3.8, 4) is 0 Å². The largest absolute Gasteiger partial charge is 0.343 e. The van der Waals surface area contributed by atoms with Gasteiger partial charge in [-0.25, -0.2) is 0 Å². The molecule has 2 saturated heterocycles. The van der Waals surface area contributed by atoms with Crippen LogP contribution in [0.3, 0.4) is 0 Å². The molecule has 2 aliphatic heterocycles. The number of hydrogen-bond donors (Lipinski definition) is 1. The fourth-order valence-corrected chi connectivity index (χ4v) is 3.76. The van der Waals surface area contributed by atoms with Crippen LogP contribution >= 0.6 is 0 Å². The predicted octanol–water partition coefficient (Wildman–Crippen LogP) is 3.05. The minimum absolute atomic E-state index is 0.403. The SMILES string of the molecule is CCC1CCCN(C(=O)CC(C)C2CCCNC2)CC1. The molecule has 3 heteroatoms. The van der Waals surface area contributed by atoms with Crippen molar-refractivity contribution < 1.29 is 4.79 Å². The van der Waals surface area contributed by atoms with Gasteiger partial charge in [0.25, 0.3) is 0 Å². The summed E-state index contributed by atoms with van der Waals surface area (Å²) in [5.74, 6) is 2.47. The molecule has 0 spiro atoms. The van der Waals surface area contributed by atoms with E-state index in [0.717, 1.165) is 38.5 Å². The maximum absolute atomic E-state index is 12.5. The first-order valence-electron chi connectivity index (χ1n) is 8.69. The van der Waals surface area contributed by atoms with Gasteiger partial charge in [-0.3, -0.25) is 4.79 Å². The van der Waals surface area contributed by atoms with E-state index in [4.69, 9.17) is 0 Å². The third-order valence-electron chi connectivity index (χ3n) is 5.41. The number of nitrogens with one attached hydrogen (secondary N) is 1. The standard InChI is InChI=1S/C17H32N2O/c1-3-15-6-5-10-19(11-8-15)17(20)12-14(2)16-7-4-9-18-13-16/h14-16,18H,3-13H2,1-2H3. The Kier molecular flexibility index (Phi) is 6.34. The molecule has 1 amide bonds. The van der Waals surface area contributed by atoms with Crippen LogP contribution in [0.1, 0.15) is 58.8 Å². The highest BCUT2D eigenvalue weighted by atomic mass is 16.2. The fourth-order valence-electron chi connectivity index (χ4n) is 3.76. The first-order chi connectivity index (χ1) is 9.70. The molecule has 0 aromatic heterocycles. The fraction of sp³-hybridized carbons (Fsp3) is 0.941. The van der Waals surface area contributed by atoms with E-state index >= 15 is 0 Å². The van der Waals surface area contributed by atoms with Crippen molar-refractivity contribution in [2.45, 2.75) is 58.8 Å². The molecular formula is C17H32N2O. The Morgan fingerprint density at radius 1 is 1.25 bits per heavy atom. The molecule has 0 radical (unpaired) electrons. The Morgan fingerprint density at radius 2 is 2.10 bits per heavy atom. The molecule has 2 rings (SSSR count). The molecule has 0 bridgehead atoms. The van der Waals surface area contributed by atoms with Crippen molar-refractivity contribution in [2.75, 3.05) is 26.2 Å². The molecule has 2 heterocycles. The molecule has 3 unspecified atom stereocenters. The average Bonchev–Trinajstić information content (AvgIpc) is 2.73. The highest BCUT2D eigenvalue weighted by Crippen LogP contribution is 2.25. The Balaban J connectivity index is 1.78. The van der Waals surface area contributed by atoms with E-state index < -0.39 is 0 Å². The van der Waals surface area contributed by atoms with Gasteiger partial charge in [-0.1, -0.05) is 20.3 Å². The second-order valence-electron chi connectivity index (χ2n) is 6.87. The lowest BCUT2D eigenvalue weighted by molar-refractivity contribution is -0.132. The molecule has 20 heavy (non-hydrogen) atoms. The lowest BCUT2D eigenvalue weighted by atomic mass is 9.85. The number of piperidine rings is 1. The van der Waals surface area contributed by atoms with Gasteiger partial charge in [-0.05, 0) is 62.9 Å². The topological polar surface area (TPSA) is 32.3 Å². The van der Waals surface area contributed by atoms with Gasteiger partial charge in [0.2, 0.25) is 5.91 Å². The summed E-state index contributed by atoms with van der Waals surface area (Å²) in [7, 11) is 0. The maximum Gasteiger partial charge on any atom is 0.222 e. The molecule has 3 atom stereocenters. The monoisotopic (exact) mass is 280 g/mol. The molecule has 0 saturated carbocycles. The molecule has 3 nitrogen and oxygen atoms in total. The van der Waals surface area contributed by atoms with Gasteiger partial charge in [-0.15, -0.1) is 0 Å². The highest BCUT2D eigenvalue weighted by molar-refractivity contribution is 5.76. The Bertz CT molecular complexity index is 299. The molecule has 2 fully saturated rings. The van der Waals surface area contributed by atoms with Crippen molar-refractivity contribution in [3.63, 3.8) is 0 Å². The predicted molar refractivity (Wildman–Crippen MR) is 83.6 cm³/mol. The minimum atomic E-state index is 0.403. The zero-order valence-electron chi connectivity index (χ0n) is 13.4. The second-order valence-corrected chi connectivity index (χ2v) is 6.87. The maximum atomic E-state index is 12.5. The first-order valence-corrected chi connectivity index (χ1v) is 8.69. The number of hydrogen-bond acceptors (Lipinski definition) is 2. The van der Waals surface area contributed by atoms with E-state index in [2.05, 4.69) is 24.1 Å². The van der Waals surface area contributed by atoms with Gasteiger partial charge in [0.15, 0.2) is 0 Å². The summed E-state index contributed by atoms with van der Waals surface area (Å²) < 4.78 is 0. The Hall–Kier alpha value is -0.570. The molecule has 2 aliphatic rings. The summed E-state index contributed by atoms with van der Waals surface area (Å²) >= 11 is 0. The van der Waals surface area contributed by atoms with E-state index in [1.165, 1.54) is 38.5 Å². The van der Waals surface area contributed by atoms with Gasteiger partial charge >= 0.3 is 0 Å². The van der Waals surface area contributed by atoms with Crippen LogP contribution in [-0.4, -0.2) is 37.0 Å². The lowest BCUT2D eigenvalue weighted by Gasteiger charge is -2.30. The Morgan fingerprint density at radius 3 is 2.80 bits per heavy atom. The minimum Gasteiger partial charge on any atom is -0.343 e. The van der Waals surface area contributed by atoms with E-state index in [1.54, 1.807) is 0 Å². The van der Waals surface area contributed by atoms with Gasteiger partial charge in [-0.2, -0.15) is 0 Å². The van der Waals surface area contributed by atoms with E-state index in [1.807, 2.05) is 0 Å². The zero-order valence-corrected chi connectivity index (χ0v) is 13.4. The van der Waals surface area contributed by atoms with Gasteiger partial charge in [0, 0.05) is 19.5 Å². The van der Waals surface area contributed by atoms with Crippen molar-refractivity contribution in [1.29, 1.82) is 0 Å². The summed E-state index contributed by atoms with van der Waals surface area (Å²) in [5.41, 5.74) is 0. The quantitative estimate of drug-likeness (QED) is 0.858. The summed E-state index contributed by atoms with van der Waals surface area (Å²) in [6.07, 6.45) is 8.30. The third kappa shape index (κ3) is 4.47.